The van der Waals surface area contributed by atoms with Gasteiger partial charge in [-0.3, -0.25) is 4.79 Å². The summed E-state index contributed by atoms with van der Waals surface area (Å²) in [7, 11) is 0. The zero-order valence-corrected chi connectivity index (χ0v) is 10.1. The van der Waals surface area contributed by atoms with Gasteiger partial charge in [-0.15, -0.1) is 0 Å². The fraction of sp³-hybridized carbons (Fsp3) is 0.0714. The summed E-state index contributed by atoms with van der Waals surface area (Å²) in [6, 6.07) is 7.23. The van der Waals surface area contributed by atoms with E-state index in [-0.39, 0.29) is 17.0 Å². The lowest BCUT2D eigenvalue weighted by Crippen LogP contribution is -2.13. The summed E-state index contributed by atoms with van der Waals surface area (Å²) in [6.07, 6.45) is 0. The molecule has 0 bridgehead atoms. The number of carbonyl (C=O) groups is 1. The molecule has 3 nitrogen and oxygen atoms in total. The van der Waals surface area contributed by atoms with Crippen molar-refractivity contribution in [3.05, 3.63) is 59.2 Å². The third kappa shape index (κ3) is 2.88. The topological polar surface area (TPSA) is 49.3 Å². The largest absolute Gasteiger partial charge is 0.508 e. The Balaban J connectivity index is 2.23. The van der Waals surface area contributed by atoms with E-state index in [9.17, 15) is 18.7 Å². The van der Waals surface area contributed by atoms with Crippen LogP contribution in [0.5, 0.6) is 5.75 Å². The van der Waals surface area contributed by atoms with E-state index in [2.05, 4.69) is 5.32 Å². The summed E-state index contributed by atoms with van der Waals surface area (Å²) >= 11 is 0. The Kier molecular flexibility index (Phi) is 3.46. The lowest BCUT2D eigenvalue weighted by molar-refractivity contribution is 0.102. The highest BCUT2D eigenvalue weighted by molar-refractivity contribution is 6.04. The summed E-state index contributed by atoms with van der Waals surface area (Å²) in [5.41, 5.74) is 0.697. The van der Waals surface area contributed by atoms with Gasteiger partial charge in [0.2, 0.25) is 0 Å². The van der Waals surface area contributed by atoms with Crippen LogP contribution < -0.4 is 5.32 Å². The third-order valence-corrected chi connectivity index (χ3v) is 2.65. The molecule has 2 aromatic rings. The van der Waals surface area contributed by atoms with E-state index in [1.807, 2.05) is 0 Å². The quantitative estimate of drug-likeness (QED) is 0.873. The Labute approximate surface area is 108 Å². The minimum atomic E-state index is -0.857. The van der Waals surface area contributed by atoms with Crippen molar-refractivity contribution in [1.82, 2.24) is 0 Å². The van der Waals surface area contributed by atoms with Gasteiger partial charge in [-0.1, -0.05) is 6.07 Å². The molecule has 0 unspecified atom stereocenters. The highest BCUT2D eigenvalue weighted by atomic mass is 19.1. The monoisotopic (exact) mass is 263 g/mol. The normalized spacial score (nSPS) is 10.3. The van der Waals surface area contributed by atoms with E-state index in [0.29, 0.717) is 11.6 Å². The zero-order chi connectivity index (χ0) is 14.0. The summed E-state index contributed by atoms with van der Waals surface area (Å²) in [6.45, 7) is 1.69. The smallest absolute Gasteiger partial charge is 0.255 e. The Bertz CT molecular complexity index is 641. The van der Waals surface area contributed by atoms with E-state index in [1.54, 1.807) is 13.0 Å². The molecular weight excluding hydrogens is 252 g/mol. The van der Waals surface area contributed by atoms with Crippen molar-refractivity contribution in [2.45, 2.75) is 6.92 Å². The molecule has 0 radical (unpaired) electrons. The minimum absolute atomic E-state index is 0.0211. The molecule has 0 saturated heterocycles. The fourth-order valence-electron chi connectivity index (χ4n) is 1.54. The van der Waals surface area contributed by atoms with Crippen LogP contribution in [0.15, 0.2) is 36.4 Å². The number of phenolic OH excluding ortho intramolecular Hbond substituents is 1. The Morgan fingerprint density at radius 2 is 1.89 bits per heavy atom. The average molecular weight is 263 g/mol. The van der Waals surface area contributed by atoms with Crippen LogP contribution in [0.1, 0.15) is 15.9 Å². The van der Waals surface area contributed by atoms with Gasteiger partial charge in [-0.2, -0.15) is 0 Å². The molecule has 2 aromatic carbocycles. The summed E-state index contributed by atoms with van der Waals surface area (Å²) in [4.78, 5) is 11.8. The Morgan fingerprint density at radius 3 is 2.53 bits per heavy atom. The van der Waals surface area contributed by atoms with E-state index in [0.717, 1.165) is 12.1 Å². The lowest BCUT2D eigenvalue weighted by atomic mass is 10.1. The fourth-order valence-corrected chi connectivity index (χ4v) is 1.54. The van der Waals surface area contributed by atoms with Gasteiger partial charge in [0.05, 0.1) is 5.69 Å². The van der Waals surface area contributed by atoms with Gasteiger partial charge < -0.3 is 10.4 Å². The Hall–Kier alpha value is -2.43. The van der Waals surface area contributed by atoms with Gasteiger partial charge in [-0.05, 0) is 36.8 Å². The molecule has 1 amide bonds. The summed E-state index contributed by atoms with van der Waals surface area (Å²) < 4.78 is 26.1. The van der Waals surface area contributed by atoms with Crippen LogP contribution in [-0.4, -0.2) is 11.0 Å². The molecule has 2 rings (SSSR count). The first kappa shape index (κ1) is 13.0. The highest BCUT2D eigenvalue weighted by Crippen LogP contribution is 2.20. The molecule has 0 spiro atoms. The molecule has 2 N–H and O–H groups in total. The first-order chi connectivity index (χ1) is 8.97. The van der Waals surface area contributed by atoms with E-state index in [1.165, 1.54) is 12.1 Å². The van der Waals surface area contributed by atoms with Crippen molar-refractivity contribution in [3.63, 3.8) is 0 Å². The van der Waals surface area contributed by atoms with Crippen LogP contribution in [0.3, 0.4) is 0 Å². The molecule has 98 valence electrons. The number of aromatic hydroxyl groups is 1. The van der Waals surface area contributed by atoms with Crippen LogP contribution in [0.4, 0.5) is 14.5 Å². The second-order valence-electron chi connectivity index (χ2n) is 4.08. The molecule has 5 heteroatoms. The molecule has 0 heterocycles. The number of nitrogens with one attached hydrogen (secondary N) is 1. The molecule has 0 aromatic heterocycles. The molecule has 0 saturated carbocycles. The lowest BCUT2D eigenvalue weighted by Gasteiger charge is -2.07. The standard InChI is InChI=1S/C14H11F2NO2/c1-8-2-3-9(6-13(8)18)14(19)17-12-5-4-10(15)7-11(12)16/h2-7,18H,1H3,(H,17,19). The number of anilines is 1. The van der Waals surface area contributed by atoms with Crippen molar-refractivity contribution in [1.29, 1.82) is 0 Å². The van der Waals surface area contributed by atoms with E-state index < -0.39 is 17.5 Å². The molecule has 0 aliphatic heterocycles. The number of carbonyl (C=O) groups excluding carboxylic acids is 1. The first-order valence-corrected chi connectivity index (χ1v) is 5.53. The van der Waals surface area contributed by atoms with Gasteiger partial charge in [-0.25, -0.2) is 8.78 Å². The highest BCUT2D eigenvalue weighted by Gasteiger charge is 2.11. The maximum Gasteiger partial charge on any atom is 0.255 e. The number of amides is 1. The summed E-state index contributed by atoms with van der Waals surface area (Å²) in [5, 5.41) is 11.8. The SMILES string of the molecule is Cc1ccc(C(=O)Nc2ccc(F)cc2F)cc1O. The van der Waals surface area contributed by atoms with Crippen LogP contribution in [0.25, 0.3) is 0 Å². The molecule has 0 aliphatic rings. The van der Waals surface area contributed by atoms with Crippen LogP contribution in [0.2, 0.25) is 0 Å². The summed E-state index contributed by atoms with van der Waals surface area (Å²) in [5.74, 6) is -2.18. The average Bonchev–Trinajstić information content (AvgIpc) is 2.36. The molecule has 19 heavy (non-hydrogen) atoms. The number of rotatable bonds is 2. The van der Waals surface area contributed by atoms with Crippen molar-refractivity contribution in [3.8, 4) is 5.75 Å². The van der Waals surface area contributed by atoms with Gasteiger partial charge in [0.15, 0.2) is 0 Å². The predicted molar refractivity (Wildman–Crippen MR) is 67.2 cm³/mol. The molecule has 0 fully saturated rings. The number of hydrogen-bond donors (Lipinski definition) is 2. The zero-order valence-electron chi connectivity index (χ0n) is 10.1. The van der Waals surface area contributed by atoms with Crippen LogP contribution in [-0.2, 0) is 0 Å². The van der Waals surface area contributed by atoms with Gasteiger partial charge in [0.25, 0.3) is 5.91 Å². The number of halogens is 2. The second kappa shape index (κ2) is 5.06. The Morgan fingerprint density at radius 1 is 1.16 bits per heavy atom. The van der Waals surface area contributed by atoms with E-state index in [4.69, 9.17) is 0 Å². The molecular formula is C14H11F2NO2. The number of aryl methyl sites for hydroxylation is 1. The van der Waals surface area contributed by atoms with Crippen LogP contribution in [0, 0.1) is 18.6 Å². The minimum Gasteiger partial charge on any atom is -0.508 e. The molecule has 0 atom stereocenters. The van der Waals surface area contributed by atoms with Crippen molar-refractivity contribution >= 4 is 11.6 Å². The maximum absolute atomic E-state index is 13.4. The van der Waals surface area contributed by atoms with E-state index >= 15 is 0 Å². The first-order valence-electron chi connectivity index (χ1n) is 5.53. The van der Waals surface area contributed by atoms with Gasteiger partial charge in [0, 0.05) is 11.6 Å². The molecule has 0 aliphatic carbocycles. The van der Waals surface area contributed by atoms with Crippen LogP contribution >= 0.6 is 0 Å². The third-order valence-electron chi connectivity index (χ3n) is 2.65. The second-order valence-corrected chi connectivity index (χ2v) is 4.08. The van der Waals surface area contributed by atoms with Gasteiger partial charge >= 0.3 is 0 Å². The number of hydrogen-bond acceptors (Lipinski definition) is 2. The van der Waals surface area contributed by atoms with Crippen molar-refractivity contribution < 1.29 is 18.7 Å². The number of benzene rings is 2. The van der Waals surface area contributed by atoms with Gasteiger partial charge in [0.1, 0.15) is 17.4 Å². The maximum atomic E-state index is 13.4. The van der Waals surface area contributed by atoms with Crippen molar-refractivity contribution in [2.24, 2.45) is 0 Å². The number of phenols is 1. The predicted octanol–water partition coefficient (Wildman–Crippen LogP) is 3.23. The van der Waals surface area contributed by atoms with Crippen molar-refractivity contribution in [2.75, 3.05) is 5.32 Å².